The van der Waals surface area contributed by atoms with Crippen LogP contribution in [0.5, 0.6) is 0 Å². The van der Waals surface area contributed by atoms with Crippen LogP contribution in [0.2, 0.25) is 0 Å². The van der Waals surface area contributed by atoms with Crippen LogP contribution in [0, 0.1) is 5.92 Å². The van der Waals surface area contributed by atoms with Crippen LogP contribution in [0.3, 0.4) is 0 Å². The van der Waals surface area contributed by atoms with E-state index in [-0.39, 0.29) is 18.9 Å². The molecule has 0 radical (unpaired) electrons. The third kappa shape index (κ3) is 1.58. The van der Waals surface area contributed by atoms with Gasteiger partial charge in [0, 0.05) is 32.4 Å². The number of carbonyl (C=O) groups excluding carboxylic acids is 1. The number of aromatic nitrogens is 2. The van der Waals surface area contributed by atoms with Crippen molar-refractivity contribution in [2.24, 2.45) is 13.0 Å². The van der Waals surface area contributed by atoms with Crippen LogP contribution in [0.25, 0.3) is 0 Å². The summed E-state index contributed by atoms with van der Waals surface area (Å²) < 4.78 is 1.70. The summed E-state index contributed by atoms with van der Waals surface area (Å²) in [6.45, 7) is 0.207. The van der Waals surface area contributed by atoms with Crippen LogP contribution in [-0.4, -0.2) is 33.1 Å². The Balaban J connectivity index is 2.22. The number of imidazole rings is 1. The van der Waals surface area contributed by atoms with Gasteiger partial charge in [-0.2, -0.15) is 0 Å². The molecule has 1 unspecified atom stereocenters. The highest BCUT2D eigenvalue weighted by Gasteiger charge is 2.36. The lowest BCUT2D eigenvalue weighted by Gasteiger charge is -2.14. The Kier molecular flexibility index (Phi) is 2.18. The molecule has 0 aromatic carbocycles. The van der Waals surface area contributed by atoms with E-state index in [1.54, 1.807) is 24.0 Å². The summed E-state index contributed by atoms with van der Waals surface area (Å²) >= 11 is 0. The van der Waals surface area contributed by atoms with E-state index in [1.807, 2.05) is 0 Å². The molecule has 1 saturated heterocycles. The smallest absolute Gasteiger partial charge is 0.308 e. The lowest BCUT2D eigenvalue weighted by Crippen LogP contribution is -2.28. The number of nitrogens with zero attached hydrogens (tertiary/aromatic N) is 3. The first-order valence-corrected chi connectivity index (χ1v) is 4.60. The maximum Gasteiger partial charge on any atom is 0.308 e. The van der Waals surface area contributed by atoms with Gasteiger partial charge in [-0.15, -0.1) is 0 Å². The molecule has 1 fully saturated rings. The average Bonchev–Trinajstić information content (AvgIpc) is 2.71. The summed E-state index contributed by atoms with van der Waals surface area (Å²) in [6.07, 6.45) is 3.36. The Labute approximate surface area is 86.1 Å². The molecule has 15 heavy (non-hydrogen) atoms. The van der Waals surface area contributed by atoms with Gasteiger partial charge in [-0.3, -0.25) is 14.5 Å². The number of anilines is 1. The fraction of sp³-hybridized carbons (Fsp3) is 0.444. The number of aliphatic carboxylic acids is 1. The predicted molar refractivity (Wildman–Crippen MR) is 51.3 cm³/mol. The first-order valence-electron chi connectivity index (χ1n) is 4.60. The van der Waals surface area contributed by atoms with Gasteiger partial charge in [0.25, 0.3) is 0 Å². The van der Waals surface area contributed by atoms with E-state index in [1.165, 1.54) is 4.90 Å². The molecule has 0 aliphatic carbocycles. The molecule has 1 aromatic heterocycles. The van der Waals surface area contributed by atoms with Crippen molar-refractivity contribution < 1.29 is 14.7 Å². The summed E-state index contributed by atoms with van der Waals surface area (Å²) in [5.74, 6) is -1.23. The monoisotopic (exact) mass is 209 g/mol. The second kappa shape index (κ2) is 3.38. The van der Waals surface area contributed by atoms with Crippen LogP contribution in [0.4, 0.5) is 5.95 Å². The topological polar surface area (TPSA) is 75.4 Å². The van der Waals surface area contributed by atoms with Gasteiger partial charge in [-0.05, 0) is 0 Å². The van der Waals surface area contributed by atoms with Crippen LogP contribution in [0.15, 0.2) is 12.4 Å². The Hall–Kier alpha value is -1.85. The number of aryl methyl sites for hydroxylation is 1. The fourth-order valence-electron chi connectivity index (χ4n) is 1.68. The molecule has 1 N–H and O–H groups in total. The Morgan fingerprint density at radius 3 is 2.87 bits per heavy atom. The largest absolute Gasteiger partial charge is 0.481 e. The van der Waals surface area contributed by atoms with Gasteiger partial charge >= 0.3 is 5.97 Å². The molecule has 6 nitrogen and oxygen atoms in total. The summed E-state index contributed by atoms with van der Waals surface area (Å²) in [6, 6.07) is 0. The third-order valence-electron chi connectivity index (χ3n) is 2.51. The number of rotatable bonds is 2. The normalized spacial score (nSPS) is 21.0. The van der Waals surface area contributed by atoms with E-state index in [9.17, 15) is 9.59 Å². The van der Waals surface area contributed by atoms with Crippen molar-refractivity contribution in [3.8, 4) is 0 Å². The zero-order chi connectivity index (χ0) is 11.0. The van der Waals surface area contributed by atoms with Gasteiger partial charge in [-0.25, -0.2) is 4.98 Å². The number of hydrogen-bond donors (Lipinski definition) is 1. The standard InChI is InChI=1S/C9H11N3O3/c1-11-3-2-10-9(11)12-5-6(8(14)15)4-7(12)13/h2-3,6H,4-5H2,1H3,(H,14,15). The van der Waals surface area contributed by atoms with Crippen molar-refractivity contribution in [1.29, 1.82) is 0 Å². The minimum atomic E-state index is -0.931. The molecular weight excluding hydrogens is 198 g/mol. The van der Waals surface area contributed by atoms with Gasteiger partial charge in [0.1, 0.15) is 0 Å². The maximum absolute atomic E-state index is 11.5. The maximum atomic E-state index is 11.5. The van der Waals surface area contributed by atoms with E-state index in [0.717, 1.165) is 0 Å². The van der Waals surface area contributed by atoms with Crippen molar-refractivity contribution in [2.45, 2.75) is 6.42 Å². The predicted octanol–water partition coefficient (Wildman–Crippen LogP) is -0.142. The van der Waals surface area contributed by atoms with Crippen LogP contribution in [-0.2, 0) is 16.6 Å². The molecule has 1 aliphatic heterocycles. The minimum absolute atomic E-state index is 0.0577. The minimum Gasteiger partial charge on any atom is -0.481 e. The zero-order valence-electron chi connectivity index (χ0n) is 8.25. The second-order valence-electron chi connectivity index (χ2n) is 3.58. The van der Waals surface area contributed by atoms with Gasteiger partial charge in [0.15, 0.2) is 0 Å². The molecule has 1 aliphatic rings. The summed E-state index contributed by atoms with van der Waals surface area (Å²) in [7, 11) is 1.77. The molecule has 2 heterocycles. The second-order valence-corrected chi connectivity index (χ2v) is 3.58. The molecular formula is C9H11N3O3. The first kappa shape index (κ1) is 9.70. The first-order chi connectivity index (χ1) is 7.09. The Morgan fingerprint density at radius 1 is 1.67 bits per heavy atom. The van der Waals surface area contributed by atoms with Crippen molar-refractivity contribution in [2.75, 3.05) is 11.4 Å². The van der Waals surface area contributed by atoms with Gasteiger partial charge in [0.05, 0.1) is 5.92 Å². The molecule has 1 aromatic rings. The van der Waals surface area contributed by atoms with E-state index < -0.39 is 11.9 Å². The Morgan fingerprint density at radius 2 is 2.40 bits per heavy atom. The highest BCUT2D eigenvalue weighted by Crippen LogP contribution is 2.23. The van der Waals surface area contributed by atoms with Crippen molar-refractivity contribution in [1.82, 2.24) is 9.55 Å². The highest BCUT2D eigenvalue weighted by atomic mass is 16.4. The lowest BCUT2D eigenvalue weighted by atomic mass is 10.1. The average molecular weight is 209 g/mol. The van der Waals surface area contributed by atoms with Gasteiger partial charge < -0.3 is 9.67 Å². The molecule has 0 saturated carbocycles. The molecule has 1 atom stereocenters. The summed E-state index contributed by atoms with van der Waals surface area (Å²) in [5, 5.41) is 8.81. The highest BCUT2D eigenvalue weighted by molar-refractivity contribution is 5.97. The van der Waals surface area contributed by atoms with Crippen LogP contribution < -0.4 is 4.90 Å². The molecule has 2 rings (SSSR count). The zero-order valence-corrected chi connectivity index (χ0v) is 8.25. The quantitative estimate of drug-likeness (QED) is 0.735. The molecule has 0 spiro atoms. The summed E-state index contributed by atoms with van der Waals surface area (Å²) in [5.41, 5.74) is 0. The lowest BCUT2D eigenvalue weighted by molar-refractivity contribution is -0.141. The van der Waals surface area contributed by atoms with E-state index in [4.69, 9.17) is 5.11 Å². The van der Waals surface area contributed by atoms with Gasteiger partial charge in [0.2, 0.25) is 11.9 Å². The third-order valence-corrected chi connectivity index (χ3v) is 2.51. The number of carboxylic acid groups (broad SMARTS) is 1. The van der Waals surface area contributed by atoms with Crippen LogP contribution >= 0.6 is 0 Å². The molecule has 1 amide bonds. The Bertz CT molecular complexity index is 412. The number of carboxylic acids is 1. The van der Waals surface area contributed by atoms with E-state index in [2.05, 4.69) is 4.98 Å². The molecule has 0 bridgehead atoms. The van der Waals surface area contributed by atoms with Crippen molar-refractivity contribution in [3.63, 3.8) is 0 Å². The van der Waals surface area contributed by atoms with E-state index in [0.29, 0.717) is 5.95 Å². The SMILES string of the molecule is Cn1ccnc1N1CC(C(=O)O)CC1=O. The summed E-state index contributed by atoms with van der Waals surface area (Å²) in [4.78, 5) is 27.7. The number of carbonyl (C=O) groups is 2. The fourth-order valence-corrected chi connectivity index (χ4v) is 1.68. The van der Waals surface area contributed by atoms with Crippen molar-refractivity contribution in [3.05, 3.63) is 12.4 Å². The molecule has 6 heteroatoms. The van der Waals surface area contributed by atoms with Crippen LogP contribution in [0.1, 0.15) is 6.42 Å². The number of hydrogen-bond acceptors (Lipinski definition) is 3. The van der Waals surface area contributed by atoms with Gasteiger partial charge in [-0.1, -0.05) is 0 Å². The number of amides is 1. The van der Waals surface area contributed by atoms with E-state index >= 15 is 0 Å². The molecule has 80 valence electrons. The van der Waals surface area contributed by atoms with Crippen molar-refractivity contribution >= 4 is 17.8 Å².